The quantitative estimate of drug-likeness (QED) is 0.787. The number of benzene rings is 1. The smallest absolute Gasteiger partial charge is 0.410 e. The molecule has 0 aliphatic carbocycles. The molecular formula is C22H27N5O4. The molecule has 1 atom stereocenters. The second kappa shape index (κ2) is 7.40. The Morgan fingerprint density at radius 1 is 1.23 bits per heavy atom. The van der Waals surface area contributed by atoms with E-state index < -0.39 is 17.1 Å². The Morgan fingerprint density at radius 3 is 2.58 bits per heavy atom. The van der Waals surface area contributed by atoms with Crippen LogP contribution >= 0.6 is 0 Å². The van der Waals surface area contributed by atoms with Gasteiger partial charge in [0.25, 0.3) is 0 Å². The van der Waals surface area contributed by atoms with Crippen LogP contribution in [0.15, 0.2) is 30.5 Å². The number of hydrogen-bond acceptors (Lipinski definition) is 7. The minimum atomic E-state index is -0.999. The molecule has 3 heterocycles. The summed E-state index contributed by atoms with van der Waals surface area (Å²) in [5.41, 5.74) is 6.40. The Balaban J connectivity index is 1.72. The number of methoxy groups -OCH3 is 1. The molecule has 0 bridgehead atoms. The zero-order valence-corrected chi connectivity index (χ0v) is 18.2. The second-order valence-electron chi connectivity index (χ2n) is 8.93. The van der Waals surface area contributed by atoms with Crippen LogP contribution in [0.5, 0.6) is 5.75 Å². The molecule has 1 spiro atoms. The zero-order chi connectivity index (χ0) is 22.4. The highest BCUT2D eigenvalue weighted by molar-refractivity contribution is 6.03. The third kappa shape index (κ3) is 3.75. The van der Waals surface area contributed by atoms with E-state index in [2.05, 4.69) is 9.97 Å². The fourth-order valence-corrected chi connectivity index (χ4v) is 4.18. The molecule has 1 unspecified atom stereocenters. The van der Waals surface area contributed by atoms with Gasteiger partial charge < -0.3 is 25.0 Å². The molecule has 2 aromatic rings. The predicted octanol–water partition coefficient (Wildman–Crippen LogP) is 2.49. The molecule has 2 aliphatic rings. The van der Waals surface area contributed by atoms with Crippen molar-refractivity contribution in [3.05, 3.63) is 41.7 Å². The maximum atomic E-state index is 13.8. The SMILES string of the molecule is COc1ccc(N2Cc3cnc(N)nc3C3(CCN(C(=O)OC(C)(C)C)C3)C2=O)cc1. The topological polar surface area (TPSA) is 111 Å². The molecule has 9 nitrogen and oxygen atoms in total. The molecule has 1 aromatic carbocycles. The summed E-state index contributed by atoms with van der Waals surface area (Å²) in [4.78, 5) is 38.4. The Morgan fingerprint density at radius 2 is 1.94 bits per heavy atom. The molecular weight excluding hydrogens is 398 g/mol. The molecule has 1 aromatic heterocycles. The number of nitrogen functional groups attached to an aromatic ring is 1. The van der Waals surface area contributed by atoms with E-state index in [9.17, 15) is 9.59 Å². The van der Waals surface area contributed by atoms with E-state index in [4.69, 9.17) is 15.2 Å². The van der Waals surface area contributed by atoms with Crippen LogP contribution in [-0.2, 0) is 21.5 Å². The molecule has 2 N–H and O–H groups in total. The van der Waals surface area contributed by atoms with Crippen molar-refractivity contribution in [3.63, 3.8) is 0 Å². The second-order valence-corrected chi connectivity index (χ2v) is 8.93. The summed E-state index contributed by atoms with van der Waals surface area (Å²) >= 11 is 0. The average molecular weight is 425 g/mol. The number of carbonyl (C=O) groups is 2. The van der Waals surface area contributed by atoms with Crippen LogP contribution in [0, 0.1) is 0 Å². The van der Waals surface area contributed by atoms with Gasteiger partial charge in [-0.05, 0) is 51.5 Å². The summed E-state index contributed by atoms with van der Waals surface area (Å²) in [5.74, 6) is 0.699. The van der Waals surface area contributed by atoms with Gasteiger partial charge in [-0.3, -0.25) is 4.79 Å². The standard InChI is InChI=1S/C22H27N5O4/c1-21(2,3)31-20(29)26-10-9-22(13-26)17-14(11-24-19(23)25-17)12-27(18(22)28)15-5-7-16(30-4)8-6-15/h5-8,11H,9-10,12-13H2,1-4H3,(H2,23,24,25). The van der Waals surface area contributed by atoms with E-state index in [1.165, 1.54) is 0 Å². The maximum absolute atomic E-state index is 13.8. The Labute approximate surface area is 181 Å². The third-order valence-corrected chi connectivity index (χ3v) is 5.62. The number of amides is 2. The minimum Gasteiger partial charge on any atom is -0.497 e. The first kappa shape index (κ1) is 20.9. The Bertz CT molecular complexity index is 1020. The van der Waals surface area contributed by atoms with Gasteiger partial charge in [-0.2, -0.15) is 0 Å². The Kier molecular flexibility index (Phi) is 4.99. The number of ether oxygens (including phenoxy) is 2. The number of rotatable bonds is 2. The highest BCUT2D eigenvalue weighted by Gasteiger charge is 2.54. The van der Waals surface area contributed by atoms with Gasteiger partial charge in [-0.1, -0.05) is 0 Å². The summed E-state index contributed by atoms with van der Waals surface area (Å²) < 4.78 is 10.8. The average Bonchev–Trinajstić information content (AvgIpc) is 3.17. The van der Waals surface area contributed by atoms with Crippen LogP contribution in [-0.4, -0.2) is 52.7 Å². The molecule has 0 saturated carbocycles. The molecule has 0 radical (unpaired) electrons. The van der Waals surface area contributed by atoms with Crippen LogP contribution in [0.1, 0.15) is 38.4 Å². The minimum absolute atomic E-state index is 0.111. The van der Waals surface area contributed by atoms with Crippen LogP contribution < -0.4 is 15.4 Å². The van der Waals surface area contributed by atoms with Gasteiger partial charge in [-0.15, -0.1) is 0 Å². The van der Waals surface area contributed by atoms with Crippen LogP contribution in [0.25, 0.3) is 0 Å². The predicted molar refractivity (Wildman–Crippen MR) is 115 cm³/mol. The summed E-state index contributed by atoms with van der Waals surface area (Å²) in [5, 5.41) is 0. The third-order valence-electron chi connectivity index (χ3n) is 5.62. The number of fused-ring (bicyclic) bond motifs is 2. The van der Waals surface area contributed by atoms with Crippen molar-refractivity contribution in [2.45, 2.75) is 44.8 Å². The molecule has 164 valence electrons. The maximum Gasteiger partial charge on any atom is 0.410 e. The first-order valence-corrected chi connectivity index (χ1v) is 10.2. The number of carbonyl (C=O) groups excluding carboxylic acids is 2. The lowest BCUT2D eigenvalue weighted by atomic mass is 9.77. The molecule has 9 heteroatoms. The van der Waals surface area contributed by atoms with E-state index in [0.717, 1.165) is 11.3 Å². The lowest BCUT2D eigenvalue weighted by Gasteiger charge is -2.39. The number of nitrogens with zero attached hydrogens (tertiary/aromatic N) is 4. The molecule has 2 amide bonds. The van der Waals surface area contributed by atoms with Gasteiger partial charge in [0.15, 0.2) is 0 Å². The van der Waals surface area contributed by atoms with Gasteiger partial charge in [0.1, 0.15) is 16.8 Å². The zero-order valence-electron chi connectivity index (χ0n) is 18.2. The number of nitrogens with two attached hydrogens (primary N) is 1. The molecule has 1 fully saturated rings. The van der Waals surface area contributed by atoms with E-state index in [-0.39, 0.29) is 18.4 Å². The van der Waals surface area contributed by atoms with Crippen LogP contribution in [0.2, 0.25) is 0 Å². The number of aromatic nitrogens is 2. The lowest BCUT2D eigenvalue weighted by Crippen LogP contribution is -2.53. The van der Waals surface area contributed by atoms with E-state index in [0.29, 0.717) is 31.0 Å². The van der Waals surface area contributed by atoms with Crippen molar-refractivity contribution >= 4 is 23.6 Å². The monoisotopic (exact) mass is 425 g/mol. The number of hydrogen-bond donors (Lipinski definition) is 1. The molecule has 31 heavy (non-hydrogen) atoms. The summed E-state index contributed by atoms with van der Waals surface area (Å²) in [6.45, 7) is 6.34. The molecule has 1 saturated heterocycles. The summed E-state index contributed by atoms with van der Waals surface area (Å²) in [7, 11) is 1.60. The first-order valence-electron chi connectivity index (χ1n) is 10.2. The Hall–Kier alpha value is -3.36. The first-order chi connectivity index (χ1) is 14.6. The van der Waals surface area contributed by atoms with Crippen molar-refractivity contribution < 1.29 is 19.1 Å². The summed E-state index contributed by atoms with van der Waals surface area (Å²) in [6, 6.07) is 7.31. The van der Waals surface area contributed by atoms with Crippen molar-refractivity contribution in [2.24, 2.45) is 0 Å². The van der Waals surface area contributed by atoms with Crippen LogP contribution in [0.4, 0.5) is 16.4 Å². The number of anilines is 2. The van der Waals surface area contributed by atoms with Crippen molar-refractivity contribution in [1.82, 2.24) is 14.9 Å². The van der Waals surface area contributed by atoms with E-state index in [1.807, 2.05) is 45.0 Å². The summed E-state index contributed by atoms with van der Waals surface area (Å²) in [6.07, 6.45) is 1.65. The van der Waals surface area contributed by atoms with Gasteiger partial charge >= 0.3 is 6.09 Å². The van der Waals surface area contributed by atoms with E-state index in [1.54, 1.807) is 23.1 Å². The van der Waals surface area contributed by atoms with Gasteiger partial charge in [-0.25, -0.2) is 14.8 Å². The normalized spacial score (nSPS) is 20.7. The highest BCUT2D eigenvalue weighted by Crippen LogP contribution is 2.43. The van der Waals surface area contributed by atoms with E-state index >= 15 is 0 Å². The van der Waals surface area contributed by atoms with Gasteiger partial charge in [0, 0.05) is 30.5 Å². The molecule has 2 aliphatic heterocycles. The van der Waals surface area contributed by atoms with Gasteiger partial charge in [0.2, 0.25) is 11.9 Å². The largest absolute Gasteiger partial charge is 0.497 e. The lowest BCUT2D eigenvalue weighted by molar-refractivity contribution is -0.124. The van der Waals surface area contributed by atoms with Crippen molar-refractivity contribution in [3.8, 4) is 5.75 Å². The number of likely N-dealkylation sites (tertiary alicyclic amines) is 1. The van der Waals surface area contributed by atoms with Crippen LogP contribution in [0.3, 0.4) is 0 Å². The highest BCUT2D eigenvalue weighted by atomic mass is 16.6. The fourth-order valence-electron chi connectivity index (χ4n) is 4.18. The molecule has 4 rings (SSSR count). The van der Waals surface area contributed by atoms with Crippen molar-refractivity contribution in [2.75, 3.05) is 30.8 Å². The van der Waals surface area contributed by atoms with Gasteiger partial charge in [0.05, 0.1) is 19.3 Å². The fraction of sp³-hybridized carbons (Fsp3) is 0.455. The van der Waals surface area contributed by atoms with Crippen molar-refractivity contribution in [1.29, 1.82) is 0 Å².